The van der Waals surface area contributed by atoms with Gasteiger partial charge in [-0.2, -0.15) is 57.1 Å². The molecule has 0 spiro atoms. The summed E-state index contributed by atoms with van der Waals surface area (Å²) in [5, 5.41) is 9.21. The summed E-state index contributed by atoms with van der Waals surface area (Å²) in [5.41, 5.74) is -2.83. The van der Waals surface area contributed by atoms with Crippen molar-refractivity contribution in [2.75, 3.05) is 0 Å². The summed E-state index contributed by atoms with van der Waals surface area (Å²) < 4.78 is 166. The highest BCUT2D eigenvalue weighted by molar-refractivity contribution is 5.10. The Balaban J connectivity index is 6.21. The molecule has 0 aliphatic carbocycles. The van der Waals surface area contributed by atoms with Gasteiger partial charge < -0.3 is 5.11 Å². The molecule has 0 aromatic rings. The molecule has 25 heavy (non-hydrogen) atoms. The van der Waals surface area contributed by atoms with Crippen LogP contribution in [0.4, 0.5) is 57.1 Å². The van der Waals surface area contributed by atoms with Crippen molar-refractivity contribution in [2.24, 2.45) is 0 Å². The number of alkyl halides is 13. The van der Waals surface area contributed by atoms with Crippen LogP contribution in [0.5, 0.6) is 0 Å². The Morgan fingerprint density at radius 1 is 0.600 bits per heavy atom. The molecular formula is C11H11F13O. The molecule has 0 saturated heterocycles. The lowest BCUT2D eigenvalue weighted by Crippen LogP contribution is -2.70. The van der Waals surface area contributed by atoms with E-state index in [0.717, 1.165) is 6.92 Å². The van der Waals surface area contributed by atoms with E-state index in [0.29, 0.717) is 6.92 Å². The van der Waals surface area contributed by atoms with E-state index in [9.17, 15) is 62.2 Å². The molecule has 0 aromatic carbocycles. The molecule has 0 rings (SSSR count). The van der Waals surface area contributed by atoms with Crippen molar-refractivity contribution in [3.8, 4) is 0 Å². The Bertz CT molecular complexity index is 477. The molecule has 0 heterocycles. The van der Waals surface area contributed by atoms with Crippen LogP contribution in [-0.2, 0) is 0 Å². The molecule has 1 nitrogen and oxygen atoms in total. The third-order valence-electron chi connectivity index (χ3n) is 3.36. The zero-order valence-corrected chi connectivity index (χ0v) is 12.3. The van der Waals surface area contributed by atoms with Gasteiger partial charge in [-0.15, -0.1) is 0 Å². The fourth-order valence-corrected chi connectivity index (χ4v) is 1.52. The summed E-state index contributed by atoms with van der Waals surface area (Å²) in [6.45, 7) is 1.32. The summed E-state index contributed by atoms with van der Waals surface area (Å²) >= 11 is 0. The molecule has 1 atom stereocenters. The lowest BCUT2D eigenvalue weighted by Gasteiger charge is -2.41. The molecule has 0 aliphatic rings. The van der Waals surface area contributed by atoms with Gasteiger partial charge in [0.25, 0.3) is 0 Å². The van der Waals surface area contributed by atoms with Gasteiger partial charge in [0, 0.05) is 6.42 Å². The molecule has 14 heteroatoms. The van der Waals surface area contributed by atoms with Crippen LogP contribution in [0.25, 0.3) is 0 Å². The minimum absolute atomic E-state index is 0.414. The van der Waals surface area contributed by atoms with Gasteiger partial charge in [0.1, 0.15) is 0 Å². The first kappa shape index (κ1) is 24.1. The molecule has 0 radical (unpaired) electrons. The first-order valence-corrected chi connectivity index (χ1v) is 6.20. The summed E-state index contributed by atoms with van der Waals surface area (Å²) in [6, 6.07) is 0. The van der Waals surface area contributed by atoms with Crippen molar-refractivity contribution < 1.29 is 62.2 Å². The maximum absolute atomic E-state index is 13.3. The molecule has 1 N–H and O–H groups in total. The highest BCUT2D eigenvalue weighted by atomic mass is 19.4. The Kier molecular flexibility index (Phi) is 5.82. The van der Waals surface area contributed by atoms with Crippen LogP contribution in [-0.4, -0.2) is 46.5 Å². The smallest absolute Gasteiger partial charge is 0.390 e. The second-order valence-electron chi connectivity index (χ2n) is 5.53. The second-order valence-corrected chi connectivity index (χ2v) is 5.53. The molecule has 152 valence electrons. The summed E-state index contributed by atoms with van der Waals surface area (Å²) in [5.74, 6) is -37.1. The van der Waals surface area contributed by atoms with Crippen LogP contribution >= 0.6 is 0 Å². The molecule has 1 unspecified atom stereocenters. The highest BCUT2D eigenvalue weighted by Crippen LogP contribution is 2.61. The van der Waals surface area contributed by atoms with E-state index in [1.165, 1.54) is 0 Å². The molecule has 0 bridgehead atoms. The number of rotatable bonds is 7. The maximum Gasteiger partial charge on any atom is 0.460 e. The van der Waals surface area contributed by atoms with Crippen LogP contribution in [0.2, 0.25) is 0 Å². The van der Waals surface area contributed by atoms with Gasteiger partial charge >= 0.3 is 35.8 Å². The van der Waals surface area contributed by atoms with Gasteiger partial charge in [-0.1, -0.05) is 6.92 Å². The molecule has 0 amide bonds. The van der Waals surface area contributed by atoms with Crippen LogP contribution < -0.4 is 0 Å². The van der Waals surface area contributed by atoms with E-state index >= 15 is 0 Å². The average Bonchev–Trinajstić information content (AvgIpc) is 2.35. The fraction of sp³-hybridized carbons (Fsp3) is 1.00. The van der Waals surface area contributed by atoms with E-state index in [4.69, 9.17) is 0 Å². The van der Waals surface area contributed by atoms with Gasteiger partial charge in [-0.05, 0) is 13.3 Å². The molecule has 0 fully saturated rings. The highest BCUT2D eigenvalue weighted by Gasteiger charge is 2.90. The van der Waals surface area contributed by atoms with E-state index < -0.39 is 54.2 Å². The number of aliphatic hydroxyl groups is 1. The number of halogens is 13. The Labute approximate surface area is 131 Å². The predicted octanol–water partition coefficient (Wildman–Crippen LogP) is 5.28. The minimum Gasteiger partial charge on any atom is -0.390 e. The molecule has 0 aromatic heterocycles. The van der Waals surface area contributed by atoms with Gasteiger partial charge in [0.2, 0.25) is 0 Å². The number of hydrogen-bond donors (Lipinski definition) is 1. The van der Waals surface area contributed by atoms with Crippen LogP contribution in [0.3, 0.4) is 0 Å². The molecular weight excluding hydrogens is 395 g/mol. The second kappa shape index (κ2) is 6.05. The van der Waals surface area contributed by atoms with Gasteiger partial charge in [-0.25, -0.2) is 0 Å². The normalized spacial score (nSPS) is 18.2. The monoisotopic (exact) mass is 406 g/mol. The third-order valence-corrected chi connectivity index (χ3v) is 3.36. The maximum atomic E-state index is 13.3. The van der Waals surface area contributed by atoms with Crippen molar-refractivity contribution >= 4 is 0 Å². The largest absolute Gasteiger partial charge is 0.460 e. The first-order chi connectivity index (χ1) is 10.5. The van der Waals surface area contributed by atoms with Crippen LogP contribution in [0.15, 0.2) is 0 Å². The zero-order chi connectivity index (χ0) is 20.9. The van der Waals surface area contributed by atoms with Gasteiger partial charge in [0.15, 0.2) is 0 Å². The van der Waals surface area contributed by atoms with Gasteiger partial charge in [0.05, 0.1) is 5.60 Å². The van der Waals surface area contributed by atoms with Crippen LogP contribution in [0, 0.1) is 0 Å². The first-order valence-electron chi connectivity index (χ1n) is 6.20. The fourth-order valence-electron chi connectivity index (χ4n) is 1.52. The SMILES string of the molecule is CCC(C)(O)CC(F)(F)C(F)(F)C(F)(F)C(F)(F)C(F)(F)C(F)(F)F. The molecule has 0 saturated carbocycles. The van der Waals surface area contributed by atoms with Crippen molar-refractivity contribution in [2.45, 2.75) is 68.1 Å². The van der Waals surface area contributed by atoms with E-state index in [1.807, 2.05) is 0 Å². The van der Waals surface area contributed by atoms with Crippen LogP contribution in [0.1, 0.15) is 26.7 Å². The van der Waals surface area contributed by atoms with E-state index in [1.54, 1.807) is 0 Å². The third kappa shape index (κ3) is 3.63. The zero-order valence-electron chi connectivity index (χ0n) is 12.3. The Morgan fingerprint density at radius 2 is 0.920 bits per heavy atom. The minimum atomic E-state index is -7.91. The lowest BCUT2D eigenvalue weighted by atomic mass is 9.87. The number of hydrogen-bond acceptors (Lipinski definition) is 1. The Hall–Kier alpha value is -0.950. The average molecular weight is 406 g/mol. The predicted molar refractivity (Wildman–Crippen MR) is 56.3 cm³/mol. The molecule has 0 aliphatic heterocycles. The standard InChI is InChI=1S/C11H11F13O/c1-3-5(2,25)4-6(12,13)7(14,15)8(16,17)9(18,19)10(20,21)11(22,23)24/h25H,3-4H2,1-2H3. The van der Waals surface area contributed by atoms with Crippen molar-refractivity contribution in [3.05, 3.63) is 0 Å². The van der Waals surface area contributed by atoms with Gasteiger partial charge in [-0.3, -0.25) is 0 Å². The summed E-state index contributed by atoms with van der Waals surface area (Å²) in [4.78, 5) is 0. The van der Waals surface area contributed by atoms with Crippen molar-refractivity contribution in [1.29, 1.82) is 0 Å². The summed E-state index contributed by atoms with van der Waals surface area (Å²) in [6.07, 6.45) is -10.8. The summed E-state index contributed by atoms with van der Waals surface area (Å²) in [7, 11) is 0. The van der Waals surface area contributed by atoms with E-state index in [2.05, 4.69) is 0 Å². The lowest BCUT2D eigenvalue weighted by molar-refractivity contribution is -0.441. The van der Waals surface area contributed by atoms with Crippen molar-refractivity contribution in [3.63, 3.8) is 0 Å². The van der Waals surface area contributed by atoms with Crippen molar-refractivity contribution in [1.82, 2.24) is 0 Å². The Morgan fingerprint density at radius 3 is 1.20 bits per heavy atom. The quantitative estimate of drug-likeness (QED) is 0.571. The topological polar surface area (TPSA) is 20.2 Å². The van der Waals surface area contributed by atoms with E-state index in [-0.39, 0.29) is 0 Å².